The van der Waals surface area contributed by atoms with Crippen LogP contribution < -0.4 is 5.32 Å². The van der Waals surface area contributed by atoms with Gasteiger partial charge in [-0.3, -0.25) is 4.90 Å². The number of nitrogens with one attached hydrogen (secondary N) is 1. The monoisotopic (exact) mass is 285 g/mol. The molecule has 2 heterocycles. The Morgan fingerprint density at radius 2 is 1.90 bits per heavy atom. The van der Waals surface area contributed by atoms with E-state index in [-0.39, 0.29) is 0 Å². The van der Waals surface area contributed by atoms with Crippen molar-refractivity contribution in [1.29, 1.82) is 0 Å². The third kappa shape index (κ3) is 3.04. The average molecular weight is 285 g/mol. The maximum absolute atomic E-state index is 12.2. The van der Waals surface area contributed by atoms with Crippen LogP contribution in [0.2, 0.25) is 0 Å². The number of fused-ring (bicyclic) bond motifs is 2. The van der Waals surface area contributed by atoms with Gasteiger partial charge in [0.1, 0.15) is 0 Å². The van der Waals surface area contributed by atoms with Crippen LogP contribution in [0.3, 0.4) is 0 Å². The fourth-order valence-electron chi connectivity index (χ4n) is 3.11. The third-order valence-electron chi connectivity index (χ3n) is 4.46. The summed E-state index contributed by atoms with van der Waals surface area (Å²) in [6.45, 7) is 2.60. The van der Waals surface area contributed by atoms with Gasteiger partial charge in [0.2, 0.25) is 0 Å². The molecule has 2 aliphatic rings. The molecule has 2 bridgehead atoms. The van der Waals surface area contributed by atoms with Crippen LogP contribution >= 0.6 is 0 Å². The molecule has 2 amide bonds. The van der Waals surface area contributed by atoms with Crippen LogP contribution in [-0.2, 0) is 4.79 Å². The van der Waals surface area contributed by atoms with Gasteiger partial charge in [-0.25, -0.2) is 9.59 Å². The zero-order valence-corrected chi connectivity index (χ0v) is 12.0. The molecule has 2 fully saturated rings. The summed E-state index contributed by atoms with van der Waals surface area (Å²) in [6, 6.07) is -0.798. The molecular formula is C13H23N3O4. The number of aliphatic hydroxyl groups is 1. The number of likely N-dealkylation sites (tertiary alicyclic amines) is 1. The first-order chi connectivity index (χ1) is 9.40. The zero-order valence-electron chi connectivity index (χ0n) is 12.0. The summed E-state index contributed by atoms with van der Waals surface area (Å²) >= 11 is 0. The highest BCUT2D eigenvalue weighted by Gasteiger charge is 2.37. The van der Waals surface area contributed by atoms with Crippen LogP contribution in [0.25, 0.3) is 0 Å². The summed E-state index contributed by atoms with van der Waals surface area (Å²) in [7, 11) is 2.08. The summed E-state index contributed by atoms with van der Waals surface area (Å²) in [6.07, 6.45) is 2.03. The van der Waals surface area contributed by atoms with Crippen molar-refractivity contribution in [2.75, 3.05) is 20.1 Å². The van der Waals surface area contributed by atoms with Gasteiger partial charge in [0, 0.05) is 25.2 Å². The van der Waals surface area contributed by atoms with E-state index >= 15 is 0 Å². The van der Waals surface area contributed by atoms with Gasteiger partial charge < -0.3 is 20.4 Å². The molecule has 0 spiro atoms. The molecule has 3 N–H and O–H groups in total. The Balaban J connectivity index is 1.97. The van der Waals surface area contributed by atoms with Crippen molar-refractivity contribution in [2.24, 2.45) is 0 Å². The Morgan fingerprint density at radius 1 is 1.25 bits per heavy atom. The number of carboxylic acid groups (broad SMARTS) is 1. The Hall–Kier alpha value is -1.34. The minimum Gasteiger partial charge on any atom is -0.480 e. The van der Waals surface area contributed by atoms with E-state index in [1.54, 1.807) is 4.90 Å². The van der Waals surface area contributed by atoms with Crippen molar-refractivity contribution in [3.63, 3.8) is 0 Å². The number of nitrogens with zero attached hydrogens (tertiary/aromatic N) is 2. The van der Waals surface area contributed by atoms with Gasteiger partial charge in [0.15, 0.2) is 6.04 Å². The minimum absolute atomic E-state index is 0.350. The lowest BCUT2D eigenvalue weighted by atomic mass is 10.1. The molecule has 0 aromatic carbocycles. The highest BCUT2D eigenvalue weighted by Crippen LogP contribution is 2.28. The second kappa shape index (κ2) is 5.97. The molecular weight excluding hydrogens is 262 g/mol. The van der Waals surface area contributed by atoms with Gasteiger partial charge in [-0.2, -0.15) is 0 Å². The molecule has 20 heavy (non-hydrogen) atoms. The van der Waals surface area contributed by atoms with Gasteiger partial charge in [-0.1, -0.05) is 0 Å². The van der Waals surface area contributed by atoms with E-state index in [0.29, 0.717) is 25.2 Å². The molecule has 114 valence electrons. The average Bonchev–Trinajstić information content (AvgIpc) is 2.59. The fourth-order valence-corrected chi connectivity index (χ4v) is 3.11. The zero-order chi connectivity index (χ0) is 14.9. The van der Waals surface area contributed by atoms with Crippen LogP contribution in [0, 0.1) is 0 Å². The Bertz CT molecular complexity index is 388. The maximum Gasteiger partial charge on any atom is 0.328 e. The normalized spacial score (nSPS) is 29.6. The molecule has 4 atom stereocenters. The van der Waals surface area contributed by atoms with Crippen molar-refractivity contribution < 1.29 is 19.8 Å². The molecule has 0 saturated carbocycles. The summed E-state index contributed by atoms with van der Waals surface area (Å²) in [5.74, 6) is -1.22. The SMILES string of the molecule is C[C@@H](O)[C@H](NC(=O)N1CCC2CCC(C1)N2C)C(=O)O. The van der Waals surface area contributed by atoms with Crippen molar-refractivity contribution in [3.05, 3.63) is 0 Å². The second-order valence-electron chi connectivity index (χ2n) is 5.79. The number of carbonyl (C=O) groups excluding carboxylic acids is 1. The third-order valence-corrected chi connectivity index (χ3v) is 4.46. The number of rotatable bonds is 3. The first kappa shape index (κ1) is 15.1. The van der Waals surface area contributed by atoms with Crippen LogP contribution in [0.1, 0.15) is 26.2 Å². The number of amides is 2. The van der Waals surface area contributed by atoms with Gasteiger partial charge in [-0.15, -0.1) is 0 Å². The summed E-state index contributed by atoms with van der Waals surface area (Å²) < 4.78 is 0. The van der Waals surface area contributed by atoms with Gasteiger partial charge in [0.25, 0.3) is 0 Å². The minimum atomic E-state index is -1.26. The number of aliphatic carboxylic acids is 1. The lowest BCUT2D eigenvalue weighted by Gasteiger charge is -2.28. The van der Waals surface area contributed by atoms with E-state index in [1.807, 2.05) is 0 Å². The number of urea groups is 1. The maximum atomic E-state index is 12.2. The highest BCUT2D eigenvalue weighted by molar-refractivity contribution is 5.83. The number of carbonyl (C=O) groups is 2. The Morgan fingerprint density at radius 3 is 2.50 bits per heavy atom. The van der Waals surface area contributed by atoms with E-state index in [4.69, 9.17) is 5.11 Å². The van der Waals surface area contributed by atoms with Crippen LogP contribution in [0.5, 0.6) is 0 Å². The van der Waals surface area contributed by atoms with Crippen molar-refractivity contribution in [1.82, 2.24) is 15.1 Å². The molecule has 7 nitrogen and oxygen atoms in total. The number of aliphatic hydroxyl groups excluding tert-OH is 1. The number of hydrogen-bond donors (Lipinski definition) is 3. The number of carboxylic acids is 1. The van der Waals surface area contributed by atoms with E-state index in [0.717, 1.165) is 12.8 Å². The molecule has 7 heteroatoms. The quantitative estimate of drug-likeness (QED) is 0.662. The van der Waals surface area contributed by atoms with E-state index in [1.165, 1.54) is 13.3 Å². The van der Waals surface area contributed by atoms with Crippen LogP contribution in [0.4, 0.5) is 4.79 Å². The number of hydrogen-bond acceptors (Lipinski definition) is 4. The van der Waals surface area contributed by atoms with Gasteiger partial charge in [0.05, 0.1) is 6.10 Å². The topological polar surface area (TPSA) is 93.1 Å². The molecule has 0 radical (unpaired) electrons. The lowest BCUT2D eigenvalue weighted by Crippen LogP contribution is -2.53. The fraction of sp³-hybridized carbons (Fsp3) is 0.846. The smallest absolute Gasteiger partial charge is 0.328 e. The van der Waals surface area contributed by atoms with E-state index in [9.17, 15) is 14.7 Å². The van der Waals surface area contributed by atoms with Crippen LogP contribution in [0.15, 0.2) is 0 Å². The molecule has 0 aromatic heterocycles. The molecule has 2 rings (SSSR count). The molecule has 0 aromatic rings. The standard InChI is InChI=1S/C13H23N3O4/c1-8(17)11(12(18)19)14-13(20)16-6-5-9-3-4-10(7-16)15(9)2/h8-11,17H,3-7H2,1-2H3,(H,14,20)(H,18,19)/t8-,9?,10?,11+/m1/s1. The Labute approximate surface area is 118 Å². The highest BCUT2D eigenvalue weighted by atomic mass is 16.4. The molecule has 2 aliphatic heterocycles. The molecule has 0 aliphatic carbocycles. The number of likely N-dealkylation sites (N-methyl/N-ethyl adjacent to an activating group) is 1. The van der Waals surface area contributed by atoms with Crippen molar-refractivity contribution in [2.45, 2.75) is 50.4 Å². The summed E-state index contributed by atoms with van der Waals surface area (Å²) in [5, 5.41) is 20.8. The van der Waals surface area contributed by atoms with Gasteiger partial charge in [-0.05, 0) is 33.2 Å². The first-order valence-electron chi connectivity index (χ1n) is 7.08. The molecule has 2 saturated heterocycles. The molecule has 2 unspecified atom stereocenters. The summed E-state index contributed by atoms with van der Waals surface area (Å²) in [5.41, 5.74) is 0. The van der Waals surface area contributed by atoms with Crippen molar-refractivity contribution >= 4 is 12.0 Å². The lowest BCUT2D eigenvalue weighted by molar-refractivity contribution is -0.141. The van der Waals surface area contributed by atoms with E-state index in [2.05, 4.69) is 17.3 Å². The Kier molecular flexibility index (Phi) is 4.49. The van der Waals surface area contributed by atoms with E-state index < -0.39 is 24.1 Å². The summed E-state index contributed by atoms with van der Waals surface area (Å²) in [4.78, 5) is 27.2. The predicted octanol–water partition coefficient (Wildman–Crippen LogP) is -0.301. The second-order valence-corrected chi connectivity index (χ2v) is 5.79. The largest absolute Gasteiger partial charge is 0.480 e. The van der Waals surface area contributed by atoms with Gasteiger partial charge >= 0.3 is 12.0 Å². The van der Waals surface area contributed by atoms with Crippen molar-refractivity contribution in [3.8, 4) is 0 Å². The first-order valence-corrected chi connectivity index (χ1v) is 7.08. The predicted molar refractivity (Wildman–Crippen MR) is 72.4 cm³/mol. The van der Waals surface area contributed by atoms with Crippen LogP contribution in [-0.4, -0.2) is 76.4 Å².